The Kier molecular flexibility index (Phi) is 6.14. The van der Waals surface area contributed by atoms with Crippen molar-refractivity contribution in [2.75, 3.05) is 13.1 Å². The van der Waals surface area contributed by atoms with Gasteiger partial charge in [-0.05, 0) is 37.9 Å². The minimum Gasteiger partial charge on any atom is -0.330 e. The summed E-state index contributed by atoms with van der Waals surface area (Å²) in [7, 11) is -3.68. The highest BCUT2D eigenvalue weighted by Gasteiger charge is 2.39. The predicted octanol–water partition coefficient (Wildman–Crippen LogP) is 2.77. The van der Waals surface area contributed by atoms with Gasteiger partial charge in [0, 0.05) is 12.6 Å². The maximum absolute atomic E-state index is 12.7. The van der Waals surface area contributed by atoms with Gasteiger partial charge in [-0.25, -0.2) is 8.42 Å². The van der Waals surface area contributed by atoms with Crippen molar-refractivity contribution in [1.29, 1.82) is 0 Å². The second-order valence-electron chi connectivity index (χ2n) is 4.81. The molecule has 1 aromatic rings. The average Bonchev–Trinajstić information content (AvgIpc) is 2.70. The van der Waals surface area contributed by atoms with Crippen LogP contribution >= 0.6 is 35.6 Å². The topological polar surface area (TPSA) is 63.4 Å². The van der Waals surface area contributed by atoms with Gasteiger partial charge in [0.15, 0.2) is 0 Å². The van der Waals surface area contributed by atoms with Crippen LogP contribution in [0.25, 0.3) is 0 Å². The molecule has 0 spiro atoms. The van der Waals surface area contributed by atoms with Crippen LogP contribution in [0.1, 0.15) is 13.3 Å². The Bertz CT molecular complexity index is 560. The van der Waals surface area contributed by atoms with Crippen molar-refractivity contribution >= 4 is 45.6 Å². The van der Waals surface area contributed by atoms with Crippen molar-refractivity contribution in [3.63, 3.8) is 0 Å². The number of nitrogens with zero attached hydrogens (tertiary/aromatic N) is 1. The van der Waals surface area contributed by atoms with Gasteiger partial charge >= 0.3 is 0 Å². The zero-order chi connectivity index (χ0) is 14.2. The molecule has 0 radical (unpaired) electrons. The highest BCUT2D eigenvalue weighted by molar-refractivity contribution is 7.89. The maximum Gasteiger partial charge on any atom is 0.246 e. The van der Waals surface area contributed by atoms with E-state index >= 15 is 0 Å². The summed E-state index contributed by atoms with van der Waals surface area (Å²) in [6.45, 7) is 2.77. The summed E-state index contributed by atoms with van der Waals surface area (Å²) in [5, 5.41) is 0.298. The standard InChI is InChI=1S/C12H16Cl2N2O2S.ClH/c1-8-5-9(6-15)7-16(8)19(17,18)12-10(13)3-2-4-11(12)14;/h2-4,8-9H,5-7,15H2,1H3;1H. The van der Waals surface area contributed by atoms with E-state index in [4.69, 9.17) is 28.9 Å². The lowest BCUT2D eigenvalue weighted by molar-refractivity contribution is 0.404. The van der Waals surface area contributed by atoms with E-state index in [2.05, 4.69) is 0 Å². The maximum atomic E-state index is 12.7. The smallest absolute Gasteiger partial charge is 0.246 e. The molecule has 0 amide bonds. The molecule has 2 atom stereocenters. The summed E-state index contributed by atoms with van der Waals surface area (Å²) < 4.78 is 26.8. The zero-order valence-electron chi connectivity index (χ0n) is 10.9. The molecule has 0 bridgehead atoms. The summed E-state index contributed by atoms with van der Waals surface area (Å²) in [5.74, 6) is 0.186. The molecular weight excluding hydrogens is 343 g/mol. The quantitative estimate of drug-likeness (QED) is 0.902. The number of hydrogen-bond acceptors (Lipinski definition) is 3. The van der Waals surface area contributed by atoms with Gasteiger partial charge in [0.1, 0.15) is 4.90 Å². The molecule has 4 nitrogen and oxygen atoms in total. The third kappa shape index (κ3) is 3.24. The average molecular weight is 360 g/mol. The first-order chi connectivity index (χ1) is 8.87. The predicted molar refractivity (Wildman–Crippen MR) is 84.2 cm³/mol. The van der Waals surface area contributed by atoms with Gasteiger partial charge in [-0.3, -0.25) is 0 Å². The van der Waals surface area contributed by atoms with E-state index in [1.54, 1.807) is 6.07 Å². The molecule has 1 fully saturated rings. The summed E-state index contributed by atoms with van der Waals surface area (Å²) in [6, 6.07) is 4.59. The van der Waals surface area contributed by atoms with Crippen molar-refractivity contribution in [2.45, 2.75) is 24.3 Å². The first-order valence-corrected chi connectivity index (χ1v) is 8.23. The Morgan fingerprint density at radius 1 is 1.35 bits per heavy atom. The molecule has 2 rings (SSSR count). The van der Waals surface area contributed by atoms with E-state index in [9.17, 15) is 8.42 Å². The molecule has 1 heterocycles. The van der Waals surface area contributed by atoms with Crippen molar-refractivity contribution in [2.24, 2.45) is 11.7 Å². The molecule has 8 heteroatoms. The SMILES string of the molecule is CC1CC(CN)CN1S(=O)(=O)c1c(Cl)cccc1Cl.Cl. The van der Waals surface area contributed by atoms with Crippen LogP contribution in [-0.4, -0.2) is 31.9 Å². The van der Waals surface area contributed by atoms with Crippen LogP contribution in [-0.2, 0) is 10.0 Å². The first kappa shape index (κ1) is 18.0. The van der Waals surface area contributed by atoms with Gasteiger partial charge in [0.25, 0.3) is 0 Å². The van der Waals surface area contributed by atoms with Crippen molar-refractivity contribution < 1.29 is 8.42 Å². The van der Waals surface area contributed by atoms with Crippen LogP contribution < -0.4 is 5.73 Å². The van der Waals surface area contributed by atoms with Crippen molar-refractivity contribution in [1.82, 2.24) is 4.31 Å². The highest BCUT2D eigenvalue weighted by atomic mass is 35.5. The van der Waals surface area contributed by atoms with Crippen LogP contribution in [0.2, 0.25) is 10.0 Å². The fraction of sp³-hybridized carbons (Fsp3) is 0.500. The molecule has 20 heavy (non-hydrogen) atoms. The lowest BCUT2D eigenvalue weighted by Crippen LogP contribution is -2.34. The molecule has 1 aliphatic heterocycles. The van der Waals surface area contributed by atoms with Gasteiger partial charge in [-0.2, -0.15) is 4.31 Å². The van der Waals surface area contributed by atoms with Crippen LogP contribution in [0.4, 0.5) is 0 Å². The molecule has 1 aliphatic rings. The molecule has 114 valence electrons. The molecule has 1 saturated heterocycles. The number of benzene rings is 1. The lowest BCUT2D eigenvalue weighted by atomic mass is 10.1. The van der Waals surface area contributed by atoms with E-state index in [0.717, 1.165) is 6.42 Å². The van der Waals surface area contributed by atoms with Gasteiger partial charge < -0.3 is 5.73 Å². The van der Waals surface area contributed by atoms with Gasteiger partial charge in [-0.15, -0.1) is 12.4 Å². The largest absolute Gasteiger partial charge is 0.330 e. The lowest BCUT2D eigenvalue weighted by Gasteiger charge is -2.22. The minimum atomic E-state index is -3.68. The number of rotatable bonds is 3. The second-order valence-corrected chi connectivity index (χ2v) is 7.45. The molecule has 0 aromatic heterocycles. The third-order valence-corrected chi connectivity index (χ3v) is 6.36. The molecular formula is C12H17Cl3N2O2S. The normalized spacial score (nSPS) is 23.6. The third-order valence-electron chi connectivity index (χ3n) is 3.42. The summed E-state index contributed by atoms with van der Waals surface area (Å²) in [5.41, 5.74) is 5.63. The van der Waals surface area contributed by atoms with Crippen molar-refractivity contribution in [3.8, 4) is 0 Å². The second kappa shape index (κ2) is 6.81. The van der Waals surface area contributed by atoms with Crippen LogP contribution in [0.15, 0.2) is 23.1 Å². The van der Waals surface area contributed by atoms with Crippen LogP contribution in [0.5, 0.6) is 0 Å². The van der Waals surface area contributed by atoms with E-state index < -0.39 is 10.0 Å². The van der Waals surface area contributed by atoms with Crippen molar-refractivity contribution in [3.05, 3.63) is 28.2 Å². The highest BCUT2D eigenvalue weighted by Crippen LogP contribution is 2.35. The Morgan fingerprint density at radius 2 is 1.90 bits per heavy atom. The molecule has 2 N–H and O–H groups in total. The Balaban J connectivity index is 0.00000200. The van der Waals surface area contributed by atoms with Gasteiger partial charge in [0.05, 0.1) is 10.0 Å². The van der Waals surface area contributed by atoms with E-state index in [0.29, 0.717) is 13.1 Å². The number of hydrogen-bond donors (Lipinski definition) is 1. The summed E-state index contributed by atoms with van der Waals surface area (Å²) >= 11 is 12.0. The Labute approximate surface area is 135 Å². The Morgan fingerprint density at radius 3 is 2.35 bits per heavy atom. The van der Waals surface area contributed by atoms with E-state index in [-0.39, 0.29) is 39.3 Å². The number of sulfonamides is 1. The van der Waals surface area contributed by atoms with Crippen LogP contribution in [0, 0.1) is 5.92 Å². The fourth-order valence-corrected chi connectivity index (χ4v) is 5.27. The number of halogens is 3. The van der Waals surface area contributed by atoms with Crippen LogP contribution in [0.3, 0.4) is 0 Å². The minimum absolute atomic E-state index is 0. The van der Waals surface area contributed by atoms with E-state index in [1.165, 1.54) is 16.4 Å². The zero-order valence-corrected chi connectivity index (χ0v) is 14.1. The summed E-state index contributed by atoms with van der Waals surface area (Å²) in [6.07, 6.45) is 0.762. The summed E-state index contributed by atoms with van der Waals surface area (Å²) in [4.78, 5) is -0.0112. The van der Waals surface area contributed by atoms with E-state index in [1.807, 2.05) is 6.92 Å². The van der Waals surface area contributed by atoms with Gasteiger partial charge in [-0.1, -0.05) is 29.3 Å². The molecule has 1 aromatic carbocycles. The Hall–Kier alpha value is -0.0400. The monoisotopic (exact) mass is 358 g/mol. The number of nitrogens with two attached hydrogens (primary N) is 1. The first-order valence-electron chi connectivity index (χ1n) is 6.04. The fourth-order valence-electron chi connectivity index (χ4n) is 2.46. The molecule has 0 saturated carbocycles. The van der Waals surface area contributed by atoms with Gasteiger partial charge in [0.2, 0.25) is 10.0 Å². The molecule has 2 unspecified atom stereocenters. The molecule has 0 aliphatic carbocycles.